The molecule has 1 unspecified atom stereocenters. The van der Waals surface area contributed by atoms with E-state index in [2.05, 4.69) is 4.99 Å². The number of hydrogen-bond donors (Lipinski definition) is 0. The van der Waals surface area contributed by atoms with Crippen LogP contribution in [0.1, 0.15) is 18.0 Å². The molecule has 2 rings (SSSR count). The second-order valence-corrected chi connectivity index (χ2v) is 3.18. The molecule has 3 nitrogen and oxygen atoms in total. The average Bonchev–Trinajstić information content (AvgIpc) is 2.19. The maximum Gasteiger partial charge on any atom is 0.235 e. The van der Waals surface area contributed by atoms with Crippen LogP contribution in [0.25, 0.3) is 0 Å². The highest BCUT2D eigenvalue weighted by Crippen LogP contribution is 2.36. The summed E-state index contributed by atoms with van der Waals surface area (Å²) in [7, 11) is 0. The quantitative estimate of drug-likeness (QED) is 0.527. The van der Waals surface area contributed by atoms with E-state index in [1.54, 1.807) is 0 Å². The van der Waals surface area contributed by atoms with Crippen LogP contribution >= 0.6 is 0 Å². The Balaban J connectivity index is 2.55. The molecule has 78 valence electrons. The highest BCUT2D eigenvalue weighted by Gasteiger charge is 2.24. The summed E-state index contributed by atoms with van der Waals surface area (Å²) in [5.74, 6) is -1.50. The van der Waals surface area contributed by atoms with Gasteiger partial charge in [-0.25, -0.2) is 13.6 Å². The van der Waals surface area contributed by atoms with E-state index < -0.39 is 17.7 Å². The molecule has 1 aliphatic heterocycles. The molecule has 0 amide bonds. The number of aliphatic imine (C=N–C) groups is 1. The van der Waals surface area contributed by atoms with Crippen molar-refractivity contribution in [2.75, 3.05) is 6.61 Å². The number of rotatable bonds is 1. The zero-order chi connectivity index (χ0) is 10.8. The number of fused-ring (bicyclic) bond motifs is 1. The normalized spacial score (nSPS) is 18.7. The summed E-state index contributed by atoms with van der Waals surface area (Å²) in [6.07, 6.45) is 1.81. The molecule has 1 aromatic carbocycles. The van der Waals surface area contributed by atoms with E-state index in [-0.39, 0.29) is 17.9 Å². The van der Waals surface area contributed by atoms with Crippen molar-refractivity contribution in [3.05, 3.63) is 29.3 Å². The first kappa shape index (κ1) is 9.80. The second kappa shape index (κ2) is 3.79. The summed E-state index contributed by atoms with van der Waals surface area (Å²) in [6, 6.07) is 1.31. The zero-order valence-corrected chi connectivity index (χ0v) is 7.67. The summed E-state index contributed by atoms with van der Waals surface area (Å²) < 4.78 is 31.2. The molecule has 0 bridgehead atoms. The molecule has 5 heteroatoms. The van der Waals surface area contributed by atoms with Gasteiger partial charge in [0.25, 0.3) is 0 Å². The molecule has 1 heterocycles. The molecule has 0 N–H and O–H groups in total. The molecule has 0 saturated carbocycles. The van der Waals surface area contributed by atoms with Gasteiger partial charge in [0.2, 0.25) is 6.08 Å². The van der Waals surface area contributed by atoms with Crippen LogP contribution in [0.15, 0.2) is 17.1 Å². The lowest BCUT2D eigenvalue weighted by molar-refractivity contribution is 0.254. The zero-order valence-electron chi connectivity index (χ0n) is 7.67. The SMILES string of the molecule is O=C=NC1CCOc2c(F)cc(F)cc21. The van der Waals surface area contributed by atoms with Crippen molar-refractivity contribution in [3.63, 3.8) is 0 Å². The van der Waals surface area contributed by atoms with Gasteiger partial charge < -0.3 is 4.74 Å². The van der Waals surface area contributed by atoms with Gasteiger partial charge >= 0.3 is 0 Å². The van der Waals surface area contributed by atoms with Gasteiger partial charge in [0.05, 0.1) is 12.6 Å². The van der Waals surface area contributed by atoms with Crippen molar-refractivity contribution < 1.29 is 18.3 Å². The van der Waals surface area contributed by atoms with Crippen molar-refractivity contribution in [1.82, 2.24) is 0 Å². The maximum atomic E-state index is 13.2. The molecule has 0 spiro atoms. The van der Waals surface area contributed by atoms with E-state index in [1.807, 2.05) is 0 Å². The van der Waals surface area contributed by atoms with Gasteiger partial charge in [-0.15, -0.1) is 0 Å². The second-order valence-electron chi connectivity index (χ2n) is 3.18. The summed E-state index contributed by atoms with van der Waals surface area (Å²) in [5.41, 5.74) is 0.266. The third-order valence-electron chi connectivity index (χ3n) is 2.24. The Morgan fingerprint density at radius 2 is 2.27 bits per heavy atom. The van der Waals surface area contributed by atoms with Gasteiger partial charge in [0, 0.05) is 18.1 Å². The number of nitrogens with zero attached hydrogens (tertiary/aromatic N) is 1. The van der Waals surface area contributed by atoms with Crippen LogP contribution in [-0.2, 0) is 4.79 Å². The van der Waals surface area contributed by atoms with Gasteiger partial charge in [-0.05, 0) is 6.07 Å². The molecule has 1 aliphatic rings. The maximum absolute atomic E-state index is 13.2. The van der Waals surface area contributed by atoms with E-state index in [0.717, 1.165) is 12.1 Å². The topological polar surface area (TPSA) is 38.7 Å². The number of carbonyl (C=O) groups excluding carboxylic acids is 1. The van der Waals surface area contributed by atoms with Crippen LogP contribution in [0.5, 0.6) is 5.75 Å². The van der Waals surface area contributed by atoms with Crippen LogP contribution in [-0.4, -0.2) is 12.7 Å². The minimum Gasteiger partial charge on any atom is -0.490 e. The Morgan fingerprint density at radius 1 is 1.47 bits per heavy atom. The molecule has 0 aliphatic carbocycles. The van der Waals surface area contributed by atoms with Crippen molar-refractivity contribution in [3.8, 4) is 5.75 Å². The summed E-state index contributed by atoms with van der Waals surface area (Å²) in [5, 5.41) is 0. The lowest BCUT2D eigenvalue weighted by Gasteiger charge is -2.22. The predicted molar refractivity (Wildman–Crippen MR) is 47.3 cm³/mol. The number of halogens is 2. The number of ether oxygens (including phenoxy) is 1. The number of isocyanates is 1. The molecular weight excluding hydrogens is 204 g/mol. The predicted octanol–water partition coefficient (Wildman–Crippen LogP) is 2.12. The summed E-state index contributed by atoms with van der Waals surface area (Å²) in [4.78, 5) is 13.6. The molecule has 1 aromatic rings. The summed E-state index contributed by atoms with van der Waals surface area (Å²) >= 11 is 0. The lowest BCUT2D eigenvalue weighted by atomic mass is 10.0. The van der Waals surface area contributed by atoms with E-state index in [0.29, 0.717) is 6.42 Å². The monoisotopic (exact) mass is 211 g/mol. The number of hydrogen-bond acceptors (Lipinski definition) is 3. The summed E-state index contributed by atoms with van der Waals surface area (Å²) in [6.45, 7) is 0.255. The molecule has 0 fully saturated rings. The molecule has 15 heavy (non-hydrogen) atoms. The first-order valence-corrected chi connectivity index (χ1v) is 4.41. The van der Waals surface area contributed by atoms with Gasteiger partial charge in [0.15, 0.2) is 11.6 Å². The Labute approximate surface area is 84.4 Å². The van der Waals surface area contributed by atoms with Crippen LogP contribution in [0.4, 0.5) is 8.78 Å². The van der Waals surface area contributed by atoms with Gasteiger partial charge in [-0.1, -0.05) is 0 Å². The molecular formula is C10H7F2NO2. The van der Waals surface area contributed by atoms with Gasteiger partial charge in [-0.2, -0.15) is 4.99 Å². The van der Waals surface area contributed by atoms with Crippen molar-refractivity contribution in [2.24, 2.45) is 4.99 Å². The molecule has 0 saturated heterocycles. The minimum atomic E-state index is -0.768. The third kappa shape index (κ3) is 1.74. The van der Waals surface area contributed by atoms with E-state index >= 15 is 0 Å². The van der Waals surface area contributed by atoms with Crippen LogP contribution < -0.4 is 4.74 Å². The van der Waals surface area contributed by atoms with Gasteiger partial charge in [-0.3, -0.25) is 0 Å². The fourth-order valence-electron chi connectivity index (χ4n) is 1.61. The minimum absolute atomic E-state index is 0.0216. The molecule has 0 aromatic heterocycles. The van der Waals surface area contributed by atoms with Crippen molar-refractivity contribution >= 4 is 6.08 Å². The standard InChI is InChI=1S/C10H7F2NO2/c11-6-3-7-9(13-5-14)1-2-15-10(7)8(12)4-6/h3-4,9H,1-2H2. The molecule has 0 radical (unpaired) electrons. The van der Waals surface area contributed by atoms with Crippen molar-refractivity contribution in [2.45, 2.75) is 12.5 Å². The third-order valence-corrected chi connectivity index (χ3v) is 2.24. The smallest absolute Gasteiger partial charge is 0.235 e. The van der Waals surface area contributed by atoms with Crippen LogP contribution in [0.3, 0.4) is 0 Å². The Morgan fingerprint density at radius 3 is 3.00 bits per heavy atom. The van der Waals surface area contributed by atoms with E-state index in [4.69, 9.17) is 4.74 Å². The first-order valence-electron chi connectivity index (χ1n) is 4.41. The highest BCUT2D eigenvalue weighted by molar-refractivity contribution is 5.42. The fraction of sp³-hybridized carbons (Fsp3) is 0.300. The fourth-order valence-corrected chi connectivity index (χ4v) is 1.61. The lowest BCUT2D eigenvalue weighted by Crippen LogP contribution is -2.14. The number of benzene rings is 1. The van der Waals surface area contributed by atoms with Gasteiger partial charge in [0.1, 0.15) is 5.82 Å². The van der Waals surface area contributed by atoms with E-state index in [9.17, 15) is 13.6 Å². The van der Waals surface area contributed by atoms with Crippen LogP contribution in [0.2, 0.25) is 0 Å². The average molecular weight is 211 g/mol. The molecule has 1 atom stereocenters. The largest absolute Gasteiger partial charge is 0.490 e. The first-order chi connectivity index (χ1) is 7.22. The Bertz CT molecular complexity index is 441. The Hall–Kier alpha value is -1.74. The van der Waals surface area contributed by atoms with Crippen molar-refractivity contribution in [1.29, 1.82) is 0 Å². The van der Waals surface area contributed by atoms with Crippen LogP contribution in [0, 0.1) is 11.6 Å². The Kier molecular flexibility index (Phi) is 2.47. The highest BCUT2D eigenvalue weighted by atomic mass is 19.1. The van der Waals surface area contributed by atoms with E-state index in [1.165, 1.54) is 6.08 Å².